The zero-order chi connectivity index (χ0) is 30.4. The number of carbonyl (C=O) groups excluding carboxylic acids is 3. The Morgan fingerprint density at radius 2 is 1.50 bits per heavy atom. The summed E-state index contributed by atoms with van der Waals surface area (Å²) in [6.07, 6.45) is 4.70. The lowest BCUT2D eigenvalue weighted by Gasteiger charge is -2.38. The molecule has 1 spiro atoms. The average Bonchev–Trinajstić information content (AvgIpc) is 3.55. The minimum Gasteiger partial charge on any atom is -0.497 e. The van der Waals surface area contributed by atoms with Gasteiger partial charge in [0.25, 0.3) is 0 Å². The maximum absolute atomic E-state index is 14.9. The minimum absolute atomic E-state index is 0.239. The van der Waals surface area contributed by atoms with Gasteiger partial charge in [-0.3, -0.25) is 14.4 Å². The Bertz CT molecular complexity index is 1800. The van der Waals surface area contributed by atoms with E-state index in [1.165, 1.54) is 0 Å². The Balaban J connectivity index is 1.46. The molecular weight excluding hydrogens is 552 g/mol. The van der Waals surface area contributed by atoms with Crippen molar-refractivity contribution in [2.75, 3.05) is 19.0 Å². The quantitative estimate of drug-likeness (QED) is 0.239. The molecule has 4 aromatic rings. The lowest BCUT2D eigenvalue weighted by Crippen LogP contribution is -2.49. The standard InChI is InChI=1S/C37H32N2O5/c1-3-22-44-27-18-14-24(15-19-27)33(40)31-32(34(41)25-12-16-26(43-2)17-13-25)39-21-20-23-8-4-5-9-28(23)35(39)37(31)29-10-6-7-11-30(29)38-36(37)42/h4-21,31-32,35H,3,22H2,1-2H3,(H,38,42)/t31-,32-,35-,37-/m1/s1. The van der Waals surface area contributed by atoms with Crippen molar-refractivity contribution in [2.24, 2.45) is 5.92 Å². The fraction of sp³-hybridized carbons (Fsp3) is 0.216. The van der Waals surface area contributed by atoms with Gasteiger partial charge in [-0.15, -0.1) is 0 Å². The van der Waals surface area contributed by atoms with E-state index in [4.69, 9.17) is 9.47 Å². The van der Waals surface area contributed by atoms with E-state index in [0.29, 0.717) is 34.9 Å². The zero-order valence-electron chi connectivity index (χ0n) is 24.5. The highest BCUT2D eigenvalue weighted by Crippen LogP contribution is 2.62. The van der Waals surface area contributed by atoms with E-state index >= 15 is 0 Å². The van der Waals surface area contributed by atoms with Crippen LogP contribution in [-0.4, -0.2) is 42.1 Å². The van der Waals surface area contributed by atoms with Crippen LogP contribution in [0.5, 0.6) is 11.5 Å². The van der Waals surface area contributed by atoms with Crippen molar-refractivity contribution < 1.29 is 23.9 Å². The van der Waals surface area contributed by atoms with Crippen molar-refractivity contribution in [1.82, 2.24) is 4.90 Å². The molecular formula is C37H32N2O5. The Hall–Kier alpha value is -5.17. The third-order valence-corrected chi connectivity index (χ3v) is 9.11. The molecule has 220 valence electrons. The summed E-state index contributed by atoms with van der Waals surface area (Å²) in [5.41, 5.74) is 2.70. The predicted octanol–water partition coefficient (Wildman–Crippen LogP) is 6.47. The summed E-state index contributed by atoms with van der Waals surface area (Å²) >= 11 is 0. The number of hydrogen-bond donors (Lipinski definition) is 1. The molecule has 3 aliphatic rings. The van der Waals surface area contributed by atoms with Gasteiger partial charge in [0.05, 0.1) is 25.7 Å². The summed E-state index contributed by atoms with van der Waals surface area (Å²) in [6.45, 7) is 2.60. The first-order valence-corrected chi connectivity index (χ1v) is 14.9. The number of ketones is 2. The monoisotopic (exact) mass is 584 g/mol. The van der Waals surface area contributed by atoms with Crippen molar-refractivity contribution in [3.63, 3.8) is 0 Å². The summed E-state index contributed by atoms with van der Waals surface area (Å²) < 4.78 is 11.1. The molecule has 7 heteroatoms. The van der Waals surface area contributed by atoms with Gasteiger partial charge in [0, 0.05) is 23.0 Å². The van der Waals surface area contributed by atoms with Gasteiger partial charge in [0.15, 0.2) is 11.6 Å². The average molecular weight is 585 g/mol. The maximum atomic E-state index is 14.9. The molecule has 0 radical (unpaired) electrons. The molecule has 1 N–H and O–H groups in total. The van der Waals surface area contributed by atoms with Crippen LogP contribution in [0.3, 0.4) is 0 Å². The second-order valence-electron chi connectivity index (χ2n) is 11.4. The van der Waals surface area contributed by atoms with Crippen LogP contribution in [0.25, 0.3) is 6.08 Å². The Morgan fingerprint density at radius 1 is 0.841 bits per heavy atom. The molecule has 3 aliphatic heterocycles. The first-order chi connectivity index (χ1) is 21.5. The largest absolute Gasteiger partial charge is 0.497 e. The number of benzene rings is 4. The topological polar surface area (TPSA) is 84.9 Å². The van der Waals surface area contributed by atoms with Crippen molar-refractivity contribution in [3.05, 3.63) is 131 Å². The van der Waals surface area contributed by atoms with Gasteiger partial charge in [-0.1, -0.05) is 49.4 Å². The van der Waals surface area contributed by atoms with E-state index in [1.54, 1.807) is 55.6 Å². The minimum atomic E-state index is -1.38. The number of amides is 1. The Labute approximate surface area is 256 Å². The number of hydrogen-bond acceptors (Lipinski definition) is 6. The summed E-state index contributed by atoms with van der Waals surface area (Å²) in [5, 5.41) is 3.09. The summed E-state index contributed by atoms with van der Waals surface area (Å²) in [6, 6.07) is 27.8. The smallest absolute Gasteiger partial charge is 0.238 e. The van der Waals surface area contributed by atoms with Crippen LogP contribution in [0.1, 0.15) is 56.8 Å². The van der Waals surface area contributed by atoms with Crippen LogP contribution in [0.15, 0.2) is 103 Å². The highest BCUT2D eigenvalue weighted by atomic mass is 16.5. The molecule has 1 amide bonds. The van der Waals surface area contributed by atoms with Crippen LogP contribution in [0, 0.1) is 5.92 Å². The number of methoxy groups -OCH3 is 1. The van der Waals surface area contributed by atoms with Crippen LogP contribution < -0.4 is 14.8 Å². The molecule has 1 fully saturated rings. The van der Waals surface area contributed by atoms with Crippen molar-refractivity contribution in [2.45, 2.75) is 30.8 Å². The van der Waals surface area contributed by atoms with Gasteiger partial charge in [0.2, 0.25) is 5.91 Å². The molecule has 4 aromatic carbocycles. The SMILES string of the molecule is CCCOc1ccc(C(=O)[C@H]2[C@H](C(=O)c3ccc(OC)cc3)N3C=Cc4ccccc4[C@@H]3[C@]23C(=O)Nc2ccccc23)cc1. The van der Waals surface area contributed by atoms with Crippen molar-refractivity contribution in [1.29, 1.82) is 0 Å². The Morgan fingerprint density at radius 3 is 2.23 bits per heavy atom. The van der Waals surface area contributed by atoms with E-state index in [9.17, 15) is 14.4 Å². The van der Waals surface area contributed by atoms with Gasteiger partial charge >= 0.3 is 0 Å². The molecule has 44 heavy (non-hydrogen) atoms. The number of anilines is 1. The van der Waals surface area contributed by atoms with Crippen LogP contribution >= 0.6 is 0 Å². The molecule has 0 bridgehead atoms. The Kier molecular flexibility index (Phi) is 6.81. The molecule has 7 rings (SSSR count). The molecule has 0 saturated carbocycles. The van der Waals surface area contributed by atoms with Crippen molar-refractivity contribution in [3.8, 4) is 11.5 Å². The molecule has 0 unspecified atom stereocenters. The lowest BCUT2D eigenvalue weighted by molar-refractivity contribution is -0.122. The fourth-order valence-electron chi connectivity index (χ4n) is 7.21. The fourth-order valence-corrected chi connectivity index (χ4v) is 7.21. The second kappa shape index (κ2) is 10.8. The third-order valence-electron chi connectivity index (χ3n) is 9.11. The van der Waals surface area contributed by atoms with E-state index in [2.05, 4.69) is 5.32 Å². The first-order valence-electron chi connectivity index (χ1n) is 14.9. The maximum Gasteiger partial charge on any atom is 0.238 e. The summed E-state index contributed by atoms with van der Waals surface area (Å²) in [5.74, 6) is -0.554. The van der Waals surface area contributed by atoms with Gasteiger partial charge in [0.1, 0.15) is 23.0 Å². The van der Waals surface area contributed by atoms with Crippen LogP contribution in [0.2, 0.25) is 0 Å². The number of rotatable bonds is 8. The zero-order valence-corrected chi connectivity index (χ0v) is 24.5. The normalized spacial score (nSPS) is 22.6. The van der Waals surface area contributed by atoms with Crippen LogP contribution in [-0.2, 0) is 10.2 Å². The summed E-state index contributed by atoms with van der Waals surface area (Å²) in [7, 11) is 1.57. The first kappa shape index (κ1) is 27.7. The number of para-hydroxylation sites is 1. The number of ether oxygens (including phenoxy) is 2. The molecule has 4 atom stereocenters. The van der Waals surface area contributed by atoms with Gasteiger partial charge < -0.3 is 19.7 Å². The van der Waals surface area contributed by atoms with Crippen LogP contribution in [0.4, 0.5) is 5.69 Å². The van der Waals surface area contributed by atoms with Gasteiger partial charge in [-0.25, -0.2) is 0 Å². The van der Waals surface area contributed by atoms with Crippen molar-refractivity contribution >= 4 is 29.2 Å². The lowest BCUT2D eigenvalue weighted by atomic mass is 9.62. The third kappa shape index (κ3) is 4.07. The molecule has 0 aliphatic carbocycles. The van der Waals surface area contributed by atoms with E-state index in [1.807, 2.05) is 72.6 Å². The summed E-state index contributed by atoms with van der Waals surface area (Å²) in [4.78, 5) is 46.1. The van der Waals surface area contributed by atoms with E-state index < -0.39 is 23.4 Å². The number of carbonyl (C=O) groups is 3. The van der Waals surface area contributed by atoms with Gasteiger partial charge in [-0.2, -0.15) is 0 Å². The molecule has 1 saturated heterocycles. The highest BCUT2D eigenvalue weighted by molar-refractivity contribution is 6.16. The number of nitrogens with zero attached hydrogens (tertiary/aromatic N) is 1. The molecule has 0 aromatic heterocycles. The number of Topliss-reactive ketones (excluding diaryl/α,β-unsaturated/α-hetero) is 2. The molecule has 3 heterocycles. The predicted molar refractivity (Wildman–Crippen MR) is 168 cm³/mol. The van der Waals surface area contributed by atoms with E-state index in [0.717, 1.165) is 23.1 Å². The molecule has 7 nitrogen and oxygen atoms in total. The van der Waals surface area contributed by atoms with E-state index in [-0.39, 0.29) is 17.5 Å². The van der Waals surface area contributed by atoms with Gasteiger partial charge in [-0.05, 0) is 83.8 Å². The highest BCUT2D eigenvalue weighted by Gasteiger charge is 2.70. The number of nitrogens with one attached hydrogen (secondary N) is 1. The second-order valence-corrected chi connectivity index (χ2v) is 11.4. The number of fused-ring (bicyclic) bond motifs is 6.